The van der Waals surface area contributed by atoms with Crippen LogP contribution in [0, 0.1) is 11.3 Å². The fourth-order valence-corrected chi connectivity index (χ4v) is 2.16. The molecule has 1 aromatic heterocycles. The summed E-state index contributed by atoms with van der Waals surface area (Å²) in [5.41, 5.74) is 0.909. The highest BCUT2D eigenvalue weighted by Crippen LogP contribution is 2.24. The Labute approximate surface area is 109 Å². The summed E-state index contributed by atoms with van der Waals surface area (Å²) in [6, 6.07) is 9.77. The summed E-state index contributed by atoms with van der Waals surface area (Å²) in [5.74, 6) is 0.769. The van der Waals surface area contributed by atoms with Crippen LogP contribution in [0.2, 0.25) is 0 Å². The maximum absolute atomic E-state index is 8.83. The van der Waals surface area contributed by atoms with E-state index in [1.54, 1.807) is 13.4 Å². The highest BCUT2D eigenvalue weighted by molar-refractivity contribution is 8.00. The van der Waals surface area contributed by atoms with Crippen LogP contribution in [0.5, 0.6) is 5.75 Å². The summed E-state index contributed by atoms with van der Waals surface area (Å²) in [6.45, 7) is 1.83. The van der Waals surface area contributed by atoms with Gasteiger partial charge in [-0.15, -0.1) is 10.2 Å². The van der Waals surface area contributed by atoms with Crippen molar-refractivity contribution in [3.05, 3.63) is 30.6 Å². The van der Waals surface area contributed by atoms with Gasteiger partial charge in [0.1, 0.15) is 12.1 Å². The first-order valence-electron chi connectivity index (χ1n) is 5.35. The van der Waals surface area contributed by atoms with E-state index >= 15 is 0 Å². The number of hydrogen-bond donors (Lipinski definition) is 0. The monoisotopic (exact) mass is 260 g/mol. The lowest BCUT2D eigenvalue weighted by Crippen LogP contribution is -1.99. The van der Waals surface area contributed by atoms with Gasteiger partial charge in [0.2, 0.25) is 0 Å². The zero-order chi connectivity index (χ0) is 13.0. The van der Waals surface area contributed by atoms with E-state index in [9.17, 15) is 0 Å². The number of benzene rings is 1. The van der Waals surface area contributed by atoms with E-state index in [1.165, 1.54) is 11.8 Å². The summed E-state index contributed by atoms with van der Waals surface area (Å²) in [6.07, 6.45) is 1.63. The number of methoxy groups -OCH3 is 1. The van der Waals surface area contributed by atoms with Crippen molar-refractivity contribution in [3.8, 4) is 17.5 Å². The normalized spacial score (nSPS) is 11.8. The molecule has 0 bridgehead atoms. The first kappa shape index (κ1) is 12.5. The minimum atomic E-state index is -0.168. The fourth-order valence-electron chi connectivity index (χ4n) is 1.43. The van der Waals surface area contributed by atoms with Gasteiger partial charge in [-0.2, -0.15) is 5.26 Å². The van der Waals surface area contributed by atoms with E-state index in [0.29, 0.717) is 5.16 Å². The Kier molecular flexibility index (Phi) is 3.85. The van der Waals surface area contributed by atoms with Gasteiger partial charge >= 0.3 is 0 Å². The first-order valence-corrected chi connectivity index (χ1v) is 6.23. The maximum Gasteiger partial charge on any atom is 0.196 e. The molecule has 0 aliphatic carbocycles. The Morgan fingerprint density at radius 2 is 2.33 bits per heavy atom. The van der Waals surface area contributed by atoms with Crippen molar-refractivity contribution in [1.29, 1.82) is 5.26 Å². The molecule has 5 nitrogen and oxygen atoms in total. The molecule has 0 fully saturated rings. The average molecular weight is 260 g/mol. The summed E-state index contributed by atoms with van der Waals surface area (Å²) in [7, 11) is 1.62. The van der Waals surface area contributed by atoms with Crippen molar-refractivity contribution >= 4 is 11.8 Å². The van der Waals surface area contributed by atoms with E-state index in [0.717, 1.165) is 11.4 Å². The molecular formula is C12H12N4OS. The number of rotatable bonds is 4. The molecule has 0 aliphatic heterocycles. The predicted molar refractivity (Wildman–Crippen MR) is 68.8 cm³/mol. The van der Waals surface area contributed by atoms with Gasteiger partial charge in [-0.05, 0) is 19.1 Å². The van der Waals surface area contributed by atoms with Crippen LogP contribution in [0.4, 0.5) is 0 Å². The van der Waals surface area contributed by atoms with Crippen LogP contribution in [-0.4, -0.2) is 27.1 Å². The molecular weight excluding hydrogens is 248 g/mol. The van der Waals surface area contributed by atoms with Crippen LogP contribution in [-0.2, 0) is 0 Å². The fraction of sp³-hybridized carbons (Fsp3) is 0.250. The number of aromatic nitrogens is 3. The molecule has 0 radical (unpaired) electrons. The van der Waals surface area contributed by atoms with Crippen molar-refractivity contribution < 1.29 is 4.74 Å². The lowest BCUT2D eigenvalue weighted by atomic mass is 10.3. The van der Waals surface area contributed by atoms with Gasteiger partial charge in [0.25, 0.3) is 0 Å². The Bertz CT molecular complexity index is 575. The van der Waals surface area contributed by atoms with Crippen LogP contribution in [0.1, 0.15) is 6.92 Å². The minimum Gasteiger partial charge on any atom is -0.497 e. The zero-order valence-corrected chi connectivity index (χ0v) is 10.9. The SMILES string of the molecule is COc1cccc(-n2cnnc2SC(C)C#N)c1. The summed E-state index contributed by atoms with van der Waals surface area (Å²) >= 11 is 1.37. The Hall–Kier alpha value is -2.00. The van der Waals surface area contributed by atoms with E-state index in [-0.39, 0.29) is 5.25 Å². The van der Waals surface area contributed by atoms with Gasteiger partial charge in [0, 0.05) is 6.07 Å². The minimum absolute atomic E-state index is 0.168. The second kappa shape index (κ2) is 5.56. The van der Waals surface area contributed by atoms with Crippen LogP contribution in [0.25, 0.3) is 5.69 Å². The molecule has 2 rings (SSSR count). The second-order valence-corrected chi connectivity index (χ2v) is 4.88. The number of thioether (sulfide) groups is 1. The lowest BCUT2D eigenvalue weighted by Gasteiger charge is -2.08. The summed E-state index contributed by atoms with van der Waals surface area (Å²) < 4.78 is 7.02. The molecule has 6 heteroatoms. The molecule has 18 heavy (non-hydrogen) atoms. The molecule has 0 saturated carbocycles. The average Bonchev–Trinajstić information content (AvgIpc) is 2.86. The molecule has 0 saturated heterocycles. The van der Waals surface area contributed by atoms with E-state index in [1.807, 2.05) is 35.8 Å². The number of ether oxygens (including phenoxy) is 1. The molecule has 0 spiro atoms. The van der Waals surface area contributed by atoms with Crippen molar-refractivity contribution in [3.63, 3.8) is 0 Å². The van der Waals surface area contributed by atoms with Crippen molar-refractivity contribution in [1.82, 2.24) is 14.8 Å². The maximum atomic E-state index is 8.83. The van der Waals surface area contributed by atoms with Crippen molar-refractivity contribution in [2.45, 2.75) is 17.3 Å². The first-order chi connectivity index (χ1) is 8.74. The van der Waals surface area contributed by atoms with Crippen molar-refractivity contribution in [2.24, 2.45) is 0 Å². The second-order valence-electron chi connectivity index (χ2n) is 3.57. The molecule has 92 valence electrons. The number of nitrogens with zero attached hydrogens (tertiary/aromatic N) is 4. The molecule has 1 atom stereocenters. The third-order valence-electron chi connectivity index (χ3n) is 2.31. The van der Waals surface area contributed by atoms with Gasteiger partial charge in [0.15, 0.2) is 5.16 Å². The van der Waals surface area contributed by atoms with Crippen LogP contribution in [0.15, 0.2) is 35.7 Å². The molecule has 1 heterocycles. The predicted octanol–water partition coefficient (Wildman–Crippen LogP) is 2.28. The quantitative estimate of drug-likeness (QED) is 0.789. The smallest absolute Gasteiger partial charge is 0.196 e. The van der Waals surface area contributed by atoms with Crippen molar-refractivity contribution in [2.75, 3.05) is 7.11 Å². The molecule has 0 N–H and O–H groups in total. The zero-order valence-electron chi connectivity index (χ0n) is 10.1. The Morgan fingerprint density at radius 3 is 3.06 bits per heavy atom. The third kappa shape index (κ3) is 2.63. The van der Waals surface area contributed by atoms with Crippen LogP contribution >= 0.6 is 11.8 Å². The van der Waals surface area contributed by atoms with Gasteiger partial charge in [-0.3, -0.25) is 4.57 Å². The lowest BCUT2D eigenvalue weighted by molar-refractivity contribution is 0.414. The van der Waals surface area contributed by atoms with Crippen LogP contribution < -0.4 is 4.74 Å². The van der Waals surface area contributed by atoms with Gasteiger partial charge < -0.3 is 4.74 Å². The summed E-state index contributed by atoms with van der Waals surface area (Å²) in [5, 5.41) is 17.3. The highest BCUT2D eigenvalue weighted by Gasteiger charge is 2.11. The molecule has 2 aromatic rings. The topological polar surface area (TPSA) is 63.7 Å². The van der Waals surface area contributed by atoms with E-state index in [2.05, 4.69) is 16.3 Å². The highest BCUT2D eigenvalue weighted by atomic mass is 32.2. The number of nitriles is 1. The molecule has 0 aliphatic rings. The molecule has 0 amide bonds. The van der Waals surface area contributed by atoms with Gasteiger partial charge in [0.05, 0.1) is 24.1 Å². The molecule has 1 aromatic carbocycles. The Balaban J connectivity index is 2.33. The Morgan fingerprint density at radius 1 is 1.50 bits per heavy atom. The molecule has 1 unspecified atom stereocenters. The summed E-state index contributed by atoms with van der Waals surface area (Å²) in [4.78, 5) is 0. The van der Waals surface area contributed by atoms with E-state index < -0.39 is 0 Å². The van der Waals surface area contributed by atoms with Crippen LogP contribution in [0.3, 0.4) is 0 Å². The largest absolute Gasteiger partial charge is 0.497 e. The number of hydrogen-bond acceptors (Lipinski definition) is 5. The standard InChI is InChI=1S/C12H12N4OS/c1-9(7-13)18-12-15-14-8-16(12)10-4-3-5-11(6-10)17-2/h3-6,8-9H,1-2H3. The van der Waals surface area contributed by atoms with E-state index in [4.69, 9.17) is 10.00 Å². The third-order valence-corrected chi connectivity index (χ3v) is 3.26. The van der Waals surface area contributed by atoms with Gasteiger partial charge in [-0.1, -0.05) is 17.8 Å². The van der Waals surface area contributed by atoms with Gasteiger partial charge in [-0.25, -0.2) is 0 Å².